The molecule has 6 nitrogen and oxygen atoms in total. The molecule has 0 aliphatic heterocycles. The Morgan fingerprint density at radius 1 is 1.18 bits per heavy atom. The Labute approximate surface area is 163 Å². The van der Waals surface area contributed by atoms with Crippen LogP contribution in [0.2, 0.25) is 0 Å². The van der Waals surface area contributed by atoms with Gasteiger partial charge < -0.3 is 9.42 Å². The summed E-state index contributed by atoms with van der Waals surface area (Å²) in [5, 5.41) is 10.2. The fraction of sp³-hybridized carbons (Fsp3) is 0.227. The second kappa shape index (κ2) is 7.31. The molecule has 0 radical (unpaired) electrons. The van der Waals surface area contributed by atoms with Gasteiger partial charge in [0.2, 0.25) is 0 Å². The molecule has 0 aliphatic rings. The number of carbonyl (C=O) groups is 1. The minimum atomic E-state index is -0.0546. The van der Waals surface area contributed by atoms with E-state index in [2.05, 4.69) is 23.2 Å². The van der Waals surface area contributed by atoms with Crippen molar-refractivity contribution in [1.82, 2.24) is 19.8 Å². The van der Waals surface area contributed by atoms with E-state index in [1.54, 1.807) is 11.9 Å². The highest BCUT2D eigenvalue weighted by Gasteiger charge is 2.18. The number of benzene rings is 2. The first-order chi connectivity index (χ1) is 13.6. The number of aromatic nitrogens is 3. The molecular formula is C22H22N4O2. The topological polar surface area (TPSA) is 64.2 Å². The van der Waals surface area contributed by atoms with Gasteiger partial charge in [-0.1, -0.05) is 35.5 Å². The molecule has 28 heavy (non-hydrogen) atoms. The number of rotatable bonds is 5. The largest absolute Gasteiger partial charge is 0.359 e. The summed E-state index contributed by atoms with van der Waals surface area (Å²) in [4.78, 5) is 14.8. The van der Waals surface area contributed by atoms with Crippen LogP contribution >= 0.6 is 0 Å². The molecule has 4 rings (SSSR count). The van der Waals surface area contributed by atoms with Gasteiger partial charge in [0.25, 0.3) is 5.91 Å². The number of amides is 1. The van der Waals surface area contributed by atoms with Crippen LogP contribution in [0.4, 0.5) is 0 Å². The summed E-state index contributed by atoms with van der Waals surface area (Å²) in [5.41, 5.74) is 3.59. The van der Waals surface area contributed by atoms with Gasteiger partial charge in [-0.15, -0.1) is 0 Å². The van der Waals surface area contributed by atoms with Crippen molar-refractivity contribution in [2.45, 2.75) is 26.9 Å². The van der Waals surface area contributed by atoms with Gasteiger partial charge in [0.05, 0.1) is 18.4 Å². The number of hydrogen-bond donors (Lipinski definition) is 0. The average molecular weight is 374 g/mol. The zero-order chi connectivity index (χ0) is 19.7. The van der Waals surface area contributed by atoms with Crippen LogP contribution in [0.25, 0.3) is 21.9 Å². The number of hydrogen-bond acceptors (Lipinski definition) is 4. The van der Waals surface area contributed by atoms with Gasteiger partial charge in [0, 0.05) is 37.0 Å². The van der Waals surface area contributed by atoms with E-state index in [9.17, 15) is 4.79 Å². The van der Waals surface area contributed by atoms with Crippen molar-refractivity contribution in [1.29, 1.82) is 0 Å². The van der Waals surface area contributed by atoms with Crippen molar-refractivity contribution in [3.63, 3.8) is 0 Å². The number of carbonyl (C=O) groups excluding carboxylic acids is 1. The van der Waals surface area contributed by atoms with Crippen LogP contribution in [0, 0.1) is 6.92 Å². The molecule has 0 saturated carbocycles. The summed E-state index contributed by atoms with van der Waals surface area (Å²) >= 11 is 0. The summed E-state index contributed by atoms with van der Waals surface area (Å²) in [6, 6.07) is 13.7. The number of aryl methyl sites for hydroxylation is 2. The third kappa shape index (κ3) is 3.29. The Kier molecular flexibility index (Phi) is 4.69. The van der Waals surface area contributed by atoms with E-state index < -0.39 is 0 Å². The molecule has 142 valence electrons. The summed E-state index contributed by atoms with van der Waals surface area (Å²) in [6.45, 7) is 5.11. The van der Waals surface area contributed by atoms with E-state index in [0.717, 1.165) is 34.1 Å². The Hall–Kier alpha value is -3.41. The Morgan fingerprint density at radius 2 is 1.96 bits per heavy atom. The summed E-state index contributed by atoms with van der Waals surface area (Å²) < 4.78 is 7.14. The molecule has 2 aromatic carbocycles. The lowest BCUT2D eigenvalue weighted by atomic mass is 9.96. The number of nitrogens with zero attached hydrogens (tertiary/aromatic N) is 4. The maximum Gasteiger partial charge on any atom is 0.254 e. The summed E-state index contributed by atoms with van der Waals surface area (Å²) in [7, 11) is 1.77. The van der Waals surface area contributed by atoms with E-state index in [4.69, 9.17) is 4.52 Å². The highest BCUT2D eigenvalue weighted by molar-refractivity contribution is 6.10. The molecule has 0 unspecified atom stereocenters. The van der Waals surface area contributed by atoms with Crippen LogP contribution in [-0.4, -0.2) is 32.8 Å². The number of fused-ring (bicyclic) bond motifs is 1. The third-order valence-electron chi connectivity index (χ3n) is 4.84. The maximum absolute atomic E-state index is 13.1. The SMILES string of the molecule is CCn1cc(-c2cccc3c(C(=O)N(C)Cc4cc(C)no4)cccc23)cn1. The molecule has 0 saturated heterocycles. The van der Waals surface area contributed by atoms with Gasteiger partial charge in [-0.05, 0) is 36.2 Å². The lowest BCUT2D eigenvalue weighted by molar-refractivity contribution is 0.0774. The van der Waals surface area contributed by atoms with Crippen LogP contribution < -0.4 is 0 Å². The zero-order valence-electron chi connectivity index (χ0n) is 16.2. The molecule has 6 heteroatoms. The van der Waals surface area contributed by atoms with Gasteiger partial charge in [0.1, 0.15) is 0 Å². The molecule has 2 aromatic heterocycles. The highest BCUT2D eigenvalue weighted by Crippen LogP contribution is 2.30. The molecule has 0 aliphatic carbocycles. The van der Waals surface area contributed by atoms with Gasteiger partial charge in [-0.2, -0.15) is 5.10 Å². The monoisotopic (exact) mass is 374 g/mol. The second-order valence-corrected chi connectivity index (χ2v) is 6.89. The van der Waals surface area contributed by atoms with Gasteiger partial charge >= 0.3 is 0 Å². The molecular weight excluding hydrogens is 352 g/mol. The first kappa shape index (κ1) is 18.0. The van der Waals surface area contributed by atoms with E-state index >= 15 is 0 Å². The molecule has 2 heterocycles. The lowest BCUT2D eigenvalue weighted by Gasteiger charge is -2.17. The average Bonchev–Trinajstić information content (AvgIpc) is 3.35. The first-order valence-corrected chi connectivity index (χ1v) is 9.29. The molecule has 1 amide bonds. The van der Waals surface area contributed by atoms with E-state index in [-0.39, 0.29) is 5.91 Å². The van der Waals surface area contributed by atoms with Gasteiger partial charge in [0.15, 0.2) is 5.76 Å². The molecule has 0 fully saturated rings. The molecule has 0 atom stereocenters. The molecule has 0 bridgehead atoms. The minimum absolute atomic E-state index is 0.0546. The van der Waals surface area contributed by atoms with Crippen molar-refractivity contribution < 1.29 is 9.32 Å². The van der Waals surface area contributed by atoms with E-state index in [0.29, 0.717) is 17.9 Å². The van der Waals surface area contributed by atoms with Gasteiger partial charge in [-0.3, -0.25) is 9.48 Å². The Balaban J connectivity index is 1.71. The Morgan fingerprint density at radius 3 is 2.68 bits per heavy atom. The lowest BCUT2D eigenvalue weighted by Crippen LogP contribution is -2.26. The Bertz CT molecular complexity index is 1140. The minimum Gasteiger partial charge on any atom is -0.359 e. The van der Waals surface area contributed by atoms with Crippen LogP contribution in [0.5, 0.6) is 0 Å². The van der Waals surface area contributed by atoms with Gasteiger partial charge in [-0.25, -0.2) is 0 Å². The van der Waals surface area contributed by atoms with Crippen molar-refractivity contribution >= 4 is 16.7 Å². The fourth-order valence-corrected chi connectivity index (χ4v) is 3.43. The highest BCUT2D eigenvalue weighted by atomic mass is 16.5. The first-order valence-electron chi connectivity index (χ1n) is 9.29. The molecule has 4 aromatic rings. The van der Waals surface area contributed by atoms with Crippen LogP contribution in [0.15, 0.2) is 59.4 Å². The fourth-order valence-electron chi connectivity index (χ4n) is 3.43. The van der Waals surface area contributed by atoms with Crippen LogP contribution in [-0.2, 0) is 13.1 Å². The quantitative estimate of drug-likeness (QED) is 0.523. The second-order valence-electron chi connectivity index (χ2n) is 6.89. The predicted octanol–water partition coefficient (Wildman–Crippen LogP) is 4.29. The molecule has 0 spiro atoms. The summed E-state index contributed by atoms with van der Waals surface area (Å²) in [6.07, 6.45) is 3.90. The van der Waals surface area contributed by atoms with Crippen molar-refractivity contribution in [3.8, 4) is 11.1 Å². The zero-order valence-corrected chi connectivity index (χ0v) is 16.2. The molecule has 0 N–H and O–H groups in total. The van der Waals surface area contributed by atoms with E-state index in [1.165, 1.54) is 0 Å². The smallest absolute Gasteiger partial charge is 0.254 e. The predicted molar refractivity (Wildman–Crippen MR) is 108 cm³/mol. The maximum atomic E-state index is 13.1. The normalized spacial score (nSPS) is 11.1. The summed E-state index contributed by atoms with van der Waals surface area (Å²) in [5.74, 6) is 0.613. The third-order valence-corrected chi connectivity index (χ3v) is 4.84. The standard InChI is InChI=1S/C22H22N4O2/c1-4-26-13-16(12-23-26)18-7-5-9-20-19(18)8-6-10-21(20)22(27)25(3)14-17-11-15(2)24-28-17/h5-13H,4,14H2,1-3H3. The van der Waals surface area contributed by atoms with Crippen molar-refractivity contribution in [2.75, 3.05) is 7.05 Å². The van der Waals surface area contributed by atoms with Crippen molar-refractivity contribution in [3.05, 3.63) is 71.9 Å². The van der Waals surface area contributed by atoms with Crippen molar-refractivity contribution in [2.24, 2.45) is 0 Å². The van der Waals surface area contributed by atoms with Crippen LogP contribution in [0.3, 0.4) is 0 Å². The van der Waals surface area contributed by atoms with E-state index in [1.807, 2.05) is 60.4 Å². The van der Waals surface area contributed by atoms with Crippen LogP contribution in [0.1, 0.15) is 28.7 Å².